The lowest BCUT2D eigenvalue weighted by Gasteiger charge is -2.17. The fourth-order valence-electron chi connectivity index (χ4n) is 4.41. The molecule has 2 heterocycles. The number of nitrogens with one attached hydrogen (secondary N) is 1. The summed E-state index contributed by atoms with van der Waals surface area (Å²) in [6.07, 6.45) is 1.38. The summed E-state index contributed by atoms with van der Waals surface area (Å²) in [6, 6.07) is 25.9. The van der Waals surface area contributed by atoms with E-state index in [9.17, 15) is 4.79 Å². The Hall–Kier alpha value is -3.97. The first-order chi connectivity index (χ1) is 18.5. The van der Waals surface area contributed by atoms with Gasteiger partial charge in [0.15, 0.2) is 11.5 Å². The highest BCUT2D eigenvalue weighted by molar-refractivity contribution is 8.00. The van der Waals surface area contributed by atoms with Crippen LogP contribution in [0.1, 0.15) is 37.1 Å². The van der Waals surface area contributed by atoms with Crippen molar-refractivity contribution in [1.82, 2.24) is 19.7 Å². The maximum absolute atomic E-state index is 13.5. The SMILES string of the molecule is CCc1nn(-c2ccccc2)c2nc(-c3ccccc3)nc(S[C@H](CC)C(=O)Nc3cccc(C)c3C)c12. The molecule has 0 unspecified atom stereocenters. The van der Waals surface area contributed by atoms with E-state index in [0.717, 1.165) is 56.2 Å². The van der Waals surface area contributed by atoms with Crippen LogP contribution in [0.25, 0.3) is 28.1 Å². The Balaban J connectivity index is 1.61. The second-order valence-corrected chi connectivity index (χ2v) is 10.4. The molecule has 0 saturated carbocycles. The fourth-order valence-corrected chi connectivity index (χ4v) is 5.48. The third-order valence-electron chi connectivity index (χ3n) is 6.71. The van der Waals surface area contributed by atoms with Crippen LogP contribution in [0, 0.1) is 13.8 Å². The Kier molecular flexibility index (Phi) is 7.56. The van der Waals surface area contributed by atoms with Gasteiger partial charge in [-0.2, -0.15) is 5.10 Å². The molecule has 192 valence electrons. The summed E-state index contributed by atoms with van der Waals surface area (Å²) in [7, 11) is 0. The van der Waals surface area contributed by atoms with Crippen LogP contribution in [0.2, 0.25) is 0 Å². The Morgan fingerprint density at radius 2 is 1.63 bits per heavy atom. The van der Waals surface area contributed by atoms with E-state index >= 15 is 0 Å². The Morgan fingerprint density at radius 3 is 2.32 bits per heavy atom. The minimum Gasteiger partial charge on any atom is -0.325 e. The van der Waals surface area contributed by atoms with E-state index in [1.54, 1.807) is 0 Å². The highest BCUT2D eigenvalue weighted by Crippen LogP contribution is 2.35. The number of amides is 1. The number of fused-ring (bicyclic) bond motifs is 1. The van der Waals surface area contributed by atoms with Gasteiger partial charge in [-0.15, -0.1) is 0 Å². The zero-order valence-electron chi connectivity index (χ0n) is 22.1. The molecule has 3 aromatic carbocycles. The second kappa shape index (κ2) is 11.2. The number of anilines is 1. The first-order valence-corrected chi connectivity index (χ1v) is 13.8. The molecular weight excluding hydrogens is 490 g/mol. The quantitative estimate of drug-likeness (QED) is 0.173. The van der Waals surface area contributed by atoms with Gasteiger partial charge >= 0.3 is 0 Å². The summed E-state index contributed by atoms with van der Waals surface area (Å²) in [5.74, 6) is 0.581. The van der Waals surface area contributed by atoms with Crippen LogP contribution in [0.15, 0.2) is 83.9 Å². The summed E-state index contributed by atoms with van der Waals surface area (Å²) >= 11 is 1.49. The maximum atomic E-state index is 13.5. The standard InChI is InChI=1S/C31H31N5OS/c1-5-24-27-29(36(35-24)23-17-11-8-12-18-23)33-28(22-15-9-7-10-16-22)34-31(27)38-26(6-2)30(37)32-25-19-13-14-20(3)21(25)4/h7-19,26H,5-6H2,1-4H3,(H,32,37)/t26-/m1/s1. The lowest BCUT2D eigenvalue weighted by Crippen LogP contribution is -2.25. The molecule has 0 saturated heterocycles. The van der Waals surface area contributed by atoms with E-state index in [1.807, 2.05) is 91.3 Å². The van der Waals surface area contributed by atoms with Crippen LogP contribution >= 0.6 is 11.8 Å². The summed E-state index contributed by atoms with van der Waals surface area (Å²) in [5.41, 5.74) is 6.58. The first-order valence-electron chi connectivity index (χ1n) is 12.9. The number of hydrogen-bond donors (Lipinski definition) is 1. The average molecular weight is 522 g/mol. The van der Waals surface area contributed by atoms with Gasteiger partial charge in [-0.25, -0.2) is 14.6 Å². The molecule has 0 bridgehead atoms. The number of thioether (sulfide) groups is 1. The van der Waals surface area contributed by atoms with E-state index in [1.165, 1.54) is 11.8 Å². The molecule has 38 heavy (non-hydrogen) atoms. The number of aromatic nitrogens is 4. The van der Waals surface area contributed by atoms with Crippen molar-refractivity contribution in [1.29, 1.82) is 0 Å². The van der Waals surface area contributed by atoms with E-state index < -0.39 is 0 Å². The molecule has 1 atom stereocenters. The van der Waals surface area contributed by atoms with Crippen molar-refractivity contribution >= 4 is 34.4 Å². The molecule has 0 fully saturated rings. The maximum Gasteiger partial charge on any atom is 0.237 e. The van der Waals surface area contributed by atoms with E-state index in [2.05, 4.69) is 25.2 Å². The van der Waals surface area contributed by atoms with Gasteiger partial charge < -0.3 is 5.32 Å². The number of hydrogen-bond acceptors (Lipinski definition) is 5. The minimum atomic E-state index is -0.332. The predicted molar refractivity (Wildman–Crippen MR) is 156 cm³/mol. The Labute approximate surface area is 227 Å². The first kappa shape index (κ1) is 25.7. The molecule has 0 aliphatic rings. The third-order valence-corrected chi connectivity index (χ3v) is 8.06. The average Bonchev–Trinajstić information content (AvgIpc) is 3.34. The van der Waals surface area contributed by atoms with Gasteiger partial charge in [0.05, 0.1) is 22.0 Å². The van der Waals surface area contributed by atoms with Crippen molar-refractivity contribution in [3.8, 4) is 17.1 Å². The van der Waals surface area contributed by atoms with Gasteiger partial charge in [0.25, 0.3) is 0 Å². The predicted octanol–water partition coefficient (Wildman–Crippen LogP) is 7.17. The van der Waals surface area contributed by atoms with Crippen LogP contribution in [-0.2, 0) is 11.2 Å². The van der Waals surface area contributed by atoms with Crippen molar-refractivity contribution in [2.45, 2.75) is 50.8 Å². The molecule has 0 aliphatic heterocycles. The molecule has 2 aromatic heterocycles. The van der Waals surface area contributed by atoms with Crippen LogP contribution in [0.4, 0.5) is 5.69 Å². The van der Waals surface area contributed by atoms with Crippen molar-refractivity contribution in [2.24, 2.45) is 0 Å². The molecule has 7 heteroatoms. The number of aryl methyl sites for hydroxylation is 2. The minimum absolute atomic E-state index is 0.0345. The number of benzene rings is 3. The van der Waals surface area contributed by atoms with Crippen molar-refractivity contribution < 1.29 is 4.79 Å². The van der Waals surface area contributed by atoms with Crippen LogP contribution < -0.4 is 5.32 Å². The van der Waals surface area contributed by atoms with Gasteiger partial charge in [0.2, 0.25) is 5.91 Å². The van der Waals surface area contributed by atoms with Crippen LogP contribution in [0.3, 0.4) is 0 Å². The number of rotatable bonds is 8. The number of carbonyl (C=O) groups excluding carboxylic acids is 1. The molecular formula is C31H31N5OS. The fraction of sp³-hybridized carbons (Fsp3) is 0.226. The second-order valence-electron chi connectivity index (χ2n) is 9.22. The third kappa shape index (κ3) is 5.07. The number of para-hydroxylation sites is 1. The Morgan fingerprint density at radius 1 is 0.921 bits per heavy atom. The highest BCUT2D eigenvalue weighted by atomic mass is 32.2. The van der Waals surface area contributed by atoms with Crippen molar-refractivity contribution in [3.05, 3.63) is 95.7 Å². The molecule has 5 aromatic rings. The van der Waals surface area contributed by atoms with Crippen LogP contribution in [-0.4, -0.2) is 30.9 Å². The van der Waals surface area contributed by atoms with Gasteiger partial charge in [-0.1, -0.05) is 86.3 Å². The smallest absolute Gasteiger partial charge is 0.237 e. The van der Waals surface area contributed by atoms with Crippen molar-refractivity contribution in [3.63, 3.8) is 0 Å². The molecule has 6 nitrogen and oxygen atoms in total. The zero-order chi connectivity index (χ0) is 26.6. The van der Waals surface area contributed by atoms with E-state index in [4.69, 9.17) is 15.1 Å². The van der Waals surface area contributed by atoms with Crippen LogP contribution in [0.5, 0.6) is 0 Å². The highest BCUT2D eigenvalue weighted by Gasteiger charge is 2.25. The summed E-state index contributed by atoms with van der Waals surface area (Å²) in [4.78, 5) is 23.5. The lowest BCUT2D eigenvalue weighted by atomic mass is 10.1. The molecule has 5 rings (SSSR count). The van der Waals surface area contributed by atoms with Crippen molar-refractivity contribution in [2.75, 3.05) is 5.32 Å². The molecule has 1 N–H and O–H groups in total. The lowest BCUT2D eigenvalue weighted by molar-refractivity contribution is -0.115. The van der Waals surface area contributed by atoms with E-state index in [-0.39, 0.29) is 11.2 Å². The summed E-state index contributed by atoms with van der Waals surface area (Å²) in [6.45, 7) is 8.20. The molecule has 0 aliphatic carbocycles. The molecule has 0 spiro atoms. The monoisotopic (exact) mass is 521 g/mol. The zero-order valence-corrected chi connectivity index (χ0v) is 22.9. The topological polar surface area (TPSA) is 72.7 Å². The van der Waals surface area contributed by atoms with Gasteiger partial charge in [0.1, 0.15) is 5.03 Å². The molecule has 1 amide bonds. The Bertz CT molecular complexity index is 1580. The molecule has 0 radical (unpaired) electrons. The normalized spacial score (nSPS) is 12.0. The number of carbonyl (C=O) groups is 1. The largest absolute Gasteiger partial charge is 0.325 e. The summed E-state index contributed by atoms with van der Waals surface area (Å²) < 4.78 is 1.89. The van der Waals surface area contributed by atoms with Gasteiger partial charge in [-0.3, -0.25) is 4.79 Å². The van der Waals surface area contributed by atoms with E-state index in [0.29, 0.717) is 12.2 Å². The van der Waals surface area contributed by atoms with Gasteiger partial charge in [0, 0.05) is 11.3 Å². The van der Waals surface area contributed by atoms with Gasteiger partial charge in [-0.05, 0) is 56.0 Å². The number of nitrogens with zero attached hydrogens (tertiary/aromatic N) is 4. The summed E-state index contributed by atoms with van der Waals surface area (Å²) in [5, 5.41) is 9.44.